The third-order valence-corrected chi connectivity index (χ3v) is 3.39. The smallest absolute Gasteiger partial charge is 0.122 e. The van der Waals surface area contributed by atoms with Crippen molar-refractivity contribution in [2.24, 2.45) is 0 Å². The van der Waals surface area contributed by atoms with Crippen molar-refractivity contribution in [1.29, 1.82) is 0 Å². The zero-order valence-corrected chi connectivity index (χ0v) is 12.5. The van der Waals surface area contributed by atoms with E-state index in [4.69, 9.17) is 4.74 Å². The molecular formula is C18H23NO. The molecule has 1 N–H and O–H groups in total. The summed E-state index contributed by atoms with van der Waals surface area (Å²) in [6, 6.07) is 17.0. The van der Waals surface area contributed by atoms with Gasteiger partial charge in [-0.15, -0.1) is 0 Å². The highest BCUT2D eigenvalue weighted by Gasteiger charge is 2.11. The number of aryl methyl sites for hydroxylation is 2. The first-order valence-electron chi connectivity index (χ1n) is 7.19. The second kappa shape index (κ2) is 7.11. The van der Waals surface area contributed by atoms with Crippen molar-refractivity contribution >= 4 is 0 Å². The van der Waals surface area contributed by atoms with Gasteiger partial charge < -0.3 is 10.1 Å². The lowest BCUT2D eigenvalue weighted by Gasteiger charge is -2.20. The van der Waals surface area contributed by atoms with Gasteiger partial charge in [0, 0.05) is 0 Å². The van der Waals surface area contributed by atoms with Gasteiger partial charge in [-0.3, -0.25) is 0 Å². The molecule has 2 rings (SSSR count). The van der Waals surface area contributed by atoms with Crippen molar-refractivity contribution in [3.8, 4) is 5.75 Å². The Balaban J connectivity index is 2.06. The maximum Gasteiger partial charge on any atom is 0.122 e. The zero-order valence-electron chi connectivity index (χ0n) is 12.5. The van der Waals surface area contributed by atoms with Gasteiger partial charge in [0.05, 0.1) is 6.04 Å². The summed E-state index contributed by atoms with van der Waals surface area (Å²) in [7, 11) is 0. The molecule has 0 bridgehead atoms. The van der Waals surface area contributed by atoms with Gasteiger partial charge in [0.15, 0.2) is 0 Å². The first kappa shape index (κ1) is 14.6. The van der Waals surface area contributed by atoms with E-state index in [2.05, 4.69) is 68.6 Å². The Morgan fingerprint density at radius 3 is 2.45 bits per heavy atom. The Hall–Kier alpha value is -1.80. The fraction of sp³-hybridized carbons (Fsp3) is 0.333. The Morgan fingerprint density at radius 1 is 1.05 bits per heavy atom. The molecule has 0 aliphatic rings. The van der Waals surface area contributed by atoms with E-state index in [1.807, 2.05) is 6.07 Å². The van der Waals surface area contributed by atoms with Crippen LogP contribution in [0.15, 0.2) is 48.5 Å². The van der Waals surface area contributed by atoms with Crippen LogP contribution in [0.1, 0.15) is 29.7 Å². The molecule has 20 heavy (non-hydrogen) atoms. The molecule has 0 aliphatic heterocycles. The van der Waals surface area contributed by atoms with Crippen LogP contribution in [-0.2, 0) is 0 Å². The molecule has 106 valence electrons. The highest BCUT2D eigenvalue weighted by Crippen LogP contribution is 2.21. The van der Waals surface area contributed by atoms with Crippen LogP contribution in [0.2, 0.25) is 0 Å². The fourth-order valence-corrected chi connectivity index (χ4v) is 2.34. The molecular weight excluding hydrogens is 246 g/mol. The van der Waals surface area contributed by atoms with E-state index in [-0.39, 0.29) is 6.04 Å². The lowest BCUT2D eigenvalue weighted by atomic mass is 10.1. The summed E-state index contributed by atoms with van der Waals surface area (Å²) in [6.45, 7) is 7.87. The molecule has 2 aromatic rings. The summed E-state index contributed by atoms with van der Waals surface area (Å²) < 4.78 is 6.00. The highest BCUT2D eigenvalue weighted by atomic mass is 16.5. The quantitative estimate of drug-likeness (QED) is 0.854. The lowest BCUT2D eigenvalue weighted by Crippen LogP contribution is -2.26. The van der Waals surface area contributed by atoms with Gasteiger partial charge in [-0.2, -0.15) is 0 Å². The van der Waals surface area contributed by atoms with Gasteiger partial charge in [-0.1, -0.05) is 55.0 Å². The minimum absolute atomic E-state index is 0.224. The summed E-state index contributed by atoms with van der Waals surface area (Å²) in [6.07, 6.45) is 0. The second-order valence-electron chi connectivity index (χ2n) is 5.10. The first-order chi connectivity index (χ1) is 9.70. The topological polar surface area (TPSA) is 21.3 Å². The number of hydrogen-bond donors (Lipinski definition) is 1. The second-order valence-corrected chi connectivity index (χ2v) is 5.10. The molecule has 0 aromatic heterocycles. The lowest BCUT2D eigenvalue weighted by molar-refractivity contribution is 0.266. The van der Waals surface area contributed by atoms with E-state index in [9.17, 15) is 0 Å². The fourth-order valence-electron chi connectivity index (χ4n) is 2.34. The number of benzene rings is 2. The molecule has 0 aliphatic carbocycles. The van der Waals surface area contributed by atoms with Crippen LogP contribution in [0.5, 0.6) is 5.75 Å². The van der Waals surface area contributed by atoms with Crippen LogP contribution < -0.4 is 10.1 Å². The van der Waals surface area contributed by atoms with E-state index in [0.29, 0.717) is 6.61 Å². The van der Waals surface area contributed by atoms with Gasteiger partial charge in [-0.05, 0) is 37.6 Å². The Kier molecular flexibility index (Phi) is 5.19. The monoisotopic (exact) mass is 269 g/mol. The molecule has 2 heteroatoms. The summed E-state index contributed by atoms with van der Waals surface area (Å²) >= 11 is 0. The van der Waals surface area contributed by atoms with Gasteiger partial charge in [-0.25, -0.2) is 0 Å². The van der Waals surface area contributed by atoms with Crippen LogP contribution >= 0.6 is 0 Å². The van der Waals surface area contributed by atoms with E-state index in [0.717, 1.165) is 12.3 Å². The van der Waals surface area contributed by atoms with E-state index < -0.39 is 0 Å². The maximum atomic E-state index is 6.00. The molecule has 0 spiro atoms. The minimum Gasteiger partial charge on any atom is -0.491 e. The summed E-state index contributed by atoms with van der Waals surface area (Å²) in [4.78, 5) is 0. The molecule has 1 unspecified atom stereocenters. The van der Waals surface area contributed by atoms with Crippen LogP contribution in [0.25, 0.3) is 0 Å². The van der Waals surface area contributed by atoms with Gasteiger partial charge >= 0.3 is 0 Å². The Bertz CT molecular complexity index is 536. The molecule has 0 radical (unpaired) electrons. The normalized spacial score (nSPS) is 12.2. The molecule has 1 atom stereocenters. The van der Waals surface area contributed by atoms with E-state index in [1.54, 1.807) is 0 Å². The zero-order chi connectivity index (χ0) is 14.4. The van der Waals surface area contributed by atoms with Crippen molar-refractivity contribution in [1.82, 2.24) is 5.32 Å². The van der Waals surface area contributed by atoms with Crippen molar-refractivity contribution in [3.05, 3.63) is 65.2 Å². The van der Waals surface area contributed by atoms with Crippen LogP contribution in [0, 0.1) is 13.8 Å². The van der Waals surface area contributed by atoms with Crippen molar-refractivity contribution < 1.29 is 4.74 Å². The van der Waals surface area contributed by atoms with Gasteiger partial charge in [0.25, 0.3) is 0 Å². The predicted molar refractivity (Wildman–Crippen MR) is 84.3 cm³/mol. The number of hydrogen-bond acceptors (Lipinski definition) is 2. The first-order valence-corrected chi connectivity index (χ1v) is 7.19. The SMILES string of the molecule is CCNC(COc1ccc(C)cc1C)c1ccccc1. The van der Waals surface area contributed by atoms with Crippen molar-refractivity contribution in [2.75, 3.05) is 13.2 Å². The average Bonchev–Trinajstić information content (AvgIpc) is 2.46. The summed E-state index contributed by atoms with van der Waals surface area (Å²) in [5.74, 6) is 0.967. The Labute approximate surface area is 121 Å². The molecule has 2 aromatic carbocycles. The third kappa shape index (κ3) is 3.84. The van der Waals surface area contributed by atoms with Gasteiger partial charge in [0.2, 0.25) is 0 Å². The van der Waals surface area contributed by atoms with Gasteiger partial charge in [0.1, 0.15) is 12.4 Å². The molecule has 0 saturated carbocycles. The number of likely N-dealkylation sites (N-methyl/N-ethyl adjacent to an activating group) is 1. The summed E-state index contributed by atoms with van der Waals surface area (Å²) in [5.41, 5.74) is 3.72. The van der Waals surface area contributed by atoms with Crippen LogP contribution in [0.4, 0.5) is 0 Å². The number of nitrogens with one attached hydrogen (secondary N) is 1. The van der Waals surface area contributed by atoms with Crippen LogP contribution in [0.3, 0.4) is 0 Å². The highest BCUT2D eigenvalue weighted by molar-refractivity contribution is 5.35. The number of rotatable bonds is 6. The average molecular weight is 269 g/mol. The maximum absolute atomic E-state index is 6.00. The summed E-state index contributed by atoms with van der Waals surface area (Å²) in [5, 5.41) is 3.47. The van der Waals surface area contributed by atoms with Crippen molar-refractivity contribution in [2.45, 2.75) is 26.8 Å². The van der Waals surface area contributed by atoms with E-state index >= 15 is 0 Å². The largest absolute Gasteiger partial charge is 0.491 e. The molecule has 0 fully saturated rings. The number of ether oxygens (including phenoxy) is 1. The molecule has 0 amide bonds. The minimum atomic E-state index is 0.224. The molecule has 0 saturated heterocycles. The standard InChI is InChI=1S/C18H23NO/c1-4-19-17(16-8-6-5-7-9-16)13-20-18-11-10-14(2)12-15(18)3/h5-12,17,19H,4,13H2,1-3H3. The van der Waals surface area contributed by atoms with E-state index in [1.165, 1.54) is 16.7 Å². The molecule has 0 heterocycles. The predicted octanol–water partition coefficient (Wildman–Crippen LogP) is 4.03. The van der Waals surface area contributed by atoms with Crippen LogP contribution in [-0.4, -0.2) is 13.2 Å². The third-order valence-electron chi connectivity index (χ3n) is 3.39. The molecule has 2 nitrogen and oxygen atoms in total. The van der Waals surface area contributed by atoms with Crippen molar-refractivity contribution in [3.63, 3.8) is 0 Å². The Morgan fingerprint density at radius 2 is 1.80 bits per heavy atom.